The molecule has 0 unspecified atom stereocenters. The number of hydrogen-bond acceptors (Lipinski definition) is 9. The van der Waals surface area contributed by atoms with Gasteiger partial charge in [0.25, 0.3) is 0 Å². The number of morpholine rings is 2. The second kappa shape index (κ2) is 22.8. The Balaban J connectivity index is 0.000000280. The summed E-state index contributed by atoms with van der Waals surface area (Å²) in [6.45, 7) is 16.9. The molecular weight excluding hydrogens is 878 g/mol. The van der Waals surface area contributed by atoms with Gasteiger partial charge in [-0.2, -0.15) is 0 Å². The van der Waals surface area contributed by atoms with E-state index in [4.69, 9.17) is 14.2 Å². The summed E-state index contributed by atoms with van der Waals surface area (Å²) in [5.41, 5.74) is 0.414. The van der Waals surface area contributed by atoms with E-state index in [1.807, 2.05) is 39.5 Å². The molecule has 3 N–H and O–H groups in total. The highest BCUT2D eigenvalue weighted by atomic mass is 79.9. The van der Waals surface area contributed by atoms with Crippen molar-refractivity contribution in [3.8, 4) is 0 Å². The minimum Gasteiger partial charge on any atom is -0.444 e. The van der Waals surface area contributed by atoms with Gasteiger partial charge in [0.1, 0.15) is 11.4 Å². The molecule has 57 heavy (non-hydrogen) atoms. The molecule has 1 saturated carbocycles. The first kappa shape index (κ1) is 49.8. The number of ketones is 1. The highest BCUT2D eigenvalue weighted by molar-refractivity contribution is 9.10. The quantitative estimate of drug-likeness (QED) is 0.252. The van der Waals surface area contributed by atoms with Crippen molar-refractivity contribution in [2.24, 2.45) is 0 Å². The topological polar surface area (TPSA) is 121 Å². The average molecular weight is 946 g/mol. The fourth-order valence-electron chi connectivity index (χ4n) is 7.43. The SMILES string of the molecule is CC(C)(C)OC(=O)N1CCC(N2C[C@H](C(C)(C)O)OC[C@@H]2Cc2ccc(Br)cc2)CC1.CC(C)(O)[C@H]1CN[C@@H](Cc2ccc(Br)cc2)CO1.Cl.O=C1CCCCC1. The molecule has 2 aromatic rings. The third-order valence-corrected chi connectivity index (χ3v) is 11.8. The third-order valence-electron chi connectivity index (χ3n) is 10.8. The van der Waals surface area contributed by atoms with Gasteiger partial charge in [-0.25, -0.2) is 4.79 Å². The van der Waals surface area contributed by atoms with Gasteiger partial charge in [0.05, 0.1) is 36.6 Å². The summed E-state index contributed by atoms with van der Waals surface area (Å²) in [5.74, 6) is 0.464. The number of nitrogens with zero attached hydrogens (tertiary/aromatic N) is 2. The summed E-state index contributed by atoms with van der Waals surface area (Å²) >= 11 is 6.94. The maximum absolute atomic E-state index is 12.4. The van der Waals surface area contributed by atoms with Crippen LogP contribution < -0.4 is 5.32 Å². The Bertz CT molecular complexity index is 1490. The van der Waals surface area contributed by atoms with E-state index in [1.54, 1.807) is 13.8 Å². The number of rotatable bonds is 7. The number of piperidine rings is 1. The van der Waals surface area contributed by atoms with E-state index >= 15 is 0 Å². The summed E-state index contributed by atoms with van der Waals surface area (Å²) < 4.78 is 19.5. The van der Waals surface area contributed by atoms with Crippen LogP contribution in [0, 0.1) is 0 Å². The van der Waals surface area contributed by atoms with Crippen molar-refractivity contribution < 1.29 is 34.0 Å². The van der Waals surface area contributed by atoms with E-state index in [-0.39, 0.29) is 36.8 Å². The van der Waals surface area contributed by atoms with Crippen LogP contribution in [-0.2, 0) is 31.8 Å². The number of carbonyl (C=O) groups is 2. The summed E-state index contributed by atoms with van der Waals surface area (Å²) in [6, 6.07) is 17.7. The number of nitrogens with one attached hydrogen (secondary N) is 1. The molecule has 6 rings (SSSR count). The van der Waals surface area contributed by atoms with Crippen molar-refractivity contribution >= 4 is 56.1 Å². The van der Waals surface area contributed by atoms with Crippen LogP contribution in [0.2, 0.25) is 0 Å². The Morgan fingerprint density at radius 2 is 1.30 bits per heavy atom. The van der Waals surface area contributed by atoms with Gasteiger partial charge >= 0.3 is 6.09 Å². The highest BCUT2D eigenvalue weighted by Gasteiger charge is 2.41. The normalized spacial score (nSPS) is 23.9. The van der Waals surface area contributed by atoms with Crippen molar-refractivity contribution in [2.75, 3.05) is 39.4 Å². The van der Waals surface area contributed by atoms with Gasteiger partial charge in [-0.05, 0) is 122 Å². The lowest BCUT2D eigenvalue weighted by Crippen LogP contribution is -2.61. The molecule has 2 aromatic carbocycles. The molecule has 4 fully saturated rings. The van der Waals surface area contributed by atoms with Crippen molar-refractivity contribution in [2.45, 2.75) is 153 Å². The number of halogens is 3. The second-order valence-electron chi connectivity index (χ2n) is 17.9. The monoisotopic (exact) mass is 943 g/mol. The number of carbonyl (C=O) groups excluding carboxylic acids is 2. The standard InChI is InChI=1S/C24H37BrN2O4.C14H20BrNO2.C6H10O.ClH/c1-23(2,3)31-22(28)26-12-10-19(11-13-26)27-15-21(24(4,5)29)30-16-20(27)14-17-6-8-18(25)9-7-17;1-14(2,17)13-8-16-12(9-18-13)7-10-3-5-11(15)6-4-10;7-6-4-2-1-3-5-6;/h6-9,19-21,29H,10-16H2,1-5H3;3-6,12-13,16-17H,7-9H2,1-2H3;1-5H2;1H/t20-,21+;12-,13+;;/m00../s1. The van der Waals surface area contributed by atoms with E-state index < -0.39 is 16.8 Å². The predicted molar refractivity (Wildman–Crippen MR) is 236 cm³/mol. The van der Waals surface area contributed by atoms with Gasteiger partial charge in [-0.3, -0.25) is 9.69 Å². The lowest BCUT2D eigenvalue weighted by Gasteiger charge is -2.48. The minimum absolute atomic E-state index is 0. The minimum atomic E-state index is -0.891. The van der Waals surface area contributed by atoms with E-state index in [2.05, 4.69) is 90.6 Å². The Labute approximate surface area is 364 Å². The zero-order valence-corrected chi connectivity index (χ0v) is 39.1. The lowest BCUT2D eigenvalue weighted by molar-refractivity contribution is -0.155. The van der Waals surface area contributed by atoms with Gasteiger partial charge in [-0.1, -0.05) is 62.5 Å². The number of aliphatic hydroxyl groups is 2. The first-order valence-corrected chi connectivity index (χ1v) is 22.0. The van der Waals surface area contributed by atoms with Gasteiger partial charge in [0.2, 0.25) is 0 Å². The van der Waals surface area contributed by atoms with Crippen molar-refractivity contribution in [3.05, 3.63) is 68.6 Å². The first-order chi connectivity index (χ1) is 26.3. The van der Waals surface area contributed by atoms with Crippen molar-refractivity contribution in [3.63, 3.8) is 0 Å². The molecule has 4 aliphatic rings. The number of Topliss-reactive ketones (excluding diaryl/α,β-unsaturated/α-hetero) is 1. The zero-order valence-electron chi connectivity index (χ0n) is 35.1. The molecule has 0 spiro atoms. The smallest absolute Gasteiger partial charge is 0.410 e. The molecule has 3 saturated heterocycles. The zero-order chi connectivity index (χ0) is 41.1. The molecule has 0 radical (unpaired) electrons. The number of amides is 1. The van der Waals surface area contributed by atoms with Crippen LogP contribution in [0.25, 0.3) is 0 Å². The number of hydrogen-bond donors (Lipinski definition) is 3. The van der Waals surface area contributed by atoms with Gasteiger partial charge in [-0.15, -0.1) is 12.4 Å². The maximum atomic E-state index is 12.4. The van der Waals surface area contributed by atoms with Crippen LogP contribution in [0.5, 0.6) is 0 Å². The van der Waals surface area contributed by atoms with Gasteiger partial charge in [0.15, 0.2) is 0 Å². The summed E-state index contributed by atoms with van der Waals surface area (Å²) in [6.07, 6.45) is 8.31. The molecule has 322 valence electrons. The summed E-state index contributed by atoms with van der Waals surface area (Å²) in [5, 5.41) is 23.9. The van der Waals surface area contributed by atoms with Crippen LogP contribution in [0.4, 0.5) is 4.79 Å². The Kier molecular flexibility index (Phi) is 19.9. The molecule has 1 amide bonds. The number of benzene rings is 2. The van der Waals surface area contributed by atoms with Crippen LogP contribution in [0.1, 0.15) is 105 Å². The predicted octanol–water partition coefficient (Wildman–Crippen LogP) is 8.29. The Morgan fingerprint density at radius 3 is 1.74 bits per heavy atom. The second-order valence-corrected chi connectivity index (χ2v) is 19.7. The molecule has 3 heterocycles. The van der Waals surface area contributed by atoms with E-state index in [1.165, 1.54) is 17.5 Å². The van der Waals surface area contributed by atoms with E-state index in [0.29, 0.717) is 57.3 Å². The number of likely N-dealkylation sites (tertiary alicyclic amines) is 1. The third kappa shape index (κ3) is 17.5. The van der Waals surface area contributed by atoms with Crippen LogP contribution in [0.3, 0.4) is 0 Å². The van der Waals surface area contributed by atoms with Crippen LogP contribution in [-0.4, -0.2) is 118 Å². The molecule has 3 aliphatic heterocycles. The number of ether oxygens (including phenoxy) is 3. The first-order valence-electron chi connectivity index (χ1n) is 20.4. The average Bonchev–Trinajstić information content (AvgIpc) is 3.13. The molecule has 1 aliphatic carbocycles. The molecule has 0 bridgehead atoms. The molecule has 10 nitrogen and oxygen atoms in total. The summed E-state index contributed by atoms with van der Waals surface area (Å²) in [4.78, 5) is 27.2. The van der Waals surface area contributed by atoms with Gasteiger partial charge in [0, 0.05) is 66.1 Å². The fourth-order valence-corrected chi connectivity index (χ4v) is 7.95. The highest BCUT2D eigenvalue weighted by Crippen LogP contribution is 2.29. The molecular formula is C44H68Br2ClN3O7. The van der Waals surface area contributed by atoms with Crippen molar-refractivity contribution in [1.82, 2.24) is 15.1 Å². The molecule has 4 atom stereocenters. The Morgan fingerprint density at radius 1 is 0.789 bits per heavy atom. The van der Waals surface area contributed by atoms with Crippen LogP contribution in [0.15, 0.2) is 57.5 Å². The maximum Gasteiger partial charge on any atom is 0.410 e. The molecule has 13 heteroatoms. The van der Waals surface area contributed by atoms with E-state index in [0.717, 1.165) is 60.3 Å². The lowest BCUT2D eigenvalue weighted by atomic mass is 9.92. The fraction of sp³-hybridized carbons (Fsp3) is 0.682. The van der Waals surface area contributed by atoms with E-state index in [9.17, 15) is 19.8 Å². The summed E-state index contributed by atoms with van der Waals surface area (Å²) in [7, 11) is 0. The van der Waals surface area contributed by atoms with Gasteiger partial charge < -0.3 is 34.6 Å². The van der Waals surface area contributed by atoms with Crippen molar-refractivity contribution in [1.29, 1.82) is 0 Å². The molecule has 0 aromatic heterocycles. The van der Waals surface area contributed by atoms with Crippen LogP contribution >= 0.6 is 44.3 Å². The Hall–Kier alpha value is -1.61. The largest absolute Gasteiger partial charge is 0.444 e.